The third kappa shape index (κ3) is 2.61. The Kier molecular flexibility index (Phi) is 3.59. The van der Waals surface area contributed by atoms with Crippen molar-refractivity contribution in [3.05, 3.63) is 6.33 Å². The van der Waals surface area contributed by atoms with Gasteiger partial charge in [-0.2, -0.15) is 9.97 Å². The fraction of sp³-hybridized carbons (Fsp3) is 0.538. The number of ether oxygens (including phenoxy) is 1. The number of hydrogen-bond acceptors (Lipinski definition) is 7. The maximum atomic E-state index is 11.8. The molecular weight excluding hydrogens is 272 g/mol. The van der Waals surface area contributed by atoms with Crippen LogP contribution in [-0.2, 0) is 9.53 Å². The molecular formula is C13H18N6O2. The van der Waals surface area contributed by atoms with Crippen molar-refractivity contribution in [3.63, 3.8) is 0 Å². The number of aromatic nitrogens is 4. The molecule has 1 aliphatic heterocycles. The summed E-state index contributed by atoms with van der Waals surface area (Å²) < 4.78 is 5.08. The normalized spacial score (nSPS) is 16.3. The summed E-state index contributed by atoms with van der Waals surface area (Å²) in [5, 5.41) is 0. The molecule has 0 amide bonds. The van der Waals surface area contributed by atoms with Gasteiger partial charge in [-0.05, 0) is 19.8 Å². The van der Waals surface area contributed by atoms with Crippen molar-refractivity contribution in [1.29, 1.82) is 0 Å². The van der Waals surface area contributed by atoms with E-state index in [0.717, 1.165) is 37.3 Å². The Morgan fingerprint density at radius 3 is 2.95 bits per heavy atom. The van der Waals surface area contributed by atoms with Crippen LogP contribution in [0.1, 0.15) is 19.8 Å². The summed E-state index contributed by atoms with van der Waals surface area (Å²) in [6.07, 6.45) is 3.07. The molecule has 0 saturated carbocycles. The predicted octanol–water partition coefficient (Wildman–Crippen LogP) is 0.715. The van der Waals surface area contributed by atoms with Crippen molar-refractivity contribution in [2.45, 2.75) is 19.8 Å². The molecule has 0 atom stereocenters. The fourth-order valence-electron chi connectivity index (χ4n) is 2.65. The summed E-state index contributed by atoms with van der Waals surface area (Å²) in [4.78, 5) is 29.4. The summed E-state index contributed by atoms with van der Waals surface area (Å²) in [6, 6.07) is 0. The minimum absolute atomic E-state index is 0.0300. The third-order valence-corrected chi connectivity index (χ3v) is 3.70. The topological polar surface area (TPSA) is 110 Å². The third-order valence-electron chi connectivity index (χ3n) is 3.70. The quantitative estimate of drug-likeness (QED) is 0.801. The van der Waals surface area contributed by atoms with Crippen molar-refractivity contribution >= 4 is 28.9 Å². The van der Waals surface area contributed by atoms with E-state index in [0.29, 0.717) is 12.3 Å². The van der Waals surface area contributed by atoms with E-state index in [1.807, 2.05) is 6.92 Å². The lowest BCUT2D eigenvalue weighted by Crippen LogP contribution is -2.37. The zero-order valence-corrected chi connectivity index (χ0v) is 11.9. The summed E-state index contributed by atoms with van der Waals surface area (Å²) in [7, 11) is 0. The SMILES string of the molecule is CCOC(=O)C1CCN(c2nc(N)nc3nc[nH]c23)CC1. The van der Waals surface area contributed by atoms with E-state index in [2.05, 4.69) is 24.8 Å². The first-order valence-electron chi connectivity index (χ1n) is 7.07. The first-order chi connectivity index (χ1) is 10.2. The monoisotopic (exact) mass is 290 g/mol. The van der Waals surface area contributed by atoms with Gasteiger partial charge in [0.1, 0.15) is 5.52 Å². The summed E-state index contributed by atoms with van der Waals surface area (Å²) in [5.41, 5.74) is 7.07. The molecule has 3 heterocycles. The van der Waals surface area contributed by atoms with Crippen LogP contribution in [0.2, 0.25) is 0 Å². The van der Waals surface area contributed by atoms with Crippen LogP contribution in [0.25, 0.3) is 11.2 Å². The molecule has 8 nitrogen and oxygen atoms in total. The number of carbonyl (C=O) groups is 1. The Labute approximate surface area is 121 Å². The van der Waals surface area contributed by atoms with Gasteiger partial charge in [0.15, 0.2) is 11.5 Å². The molecule has 2 aromatic rings. The van der Waals surface area contributed by atoms with Gasteiger partial charge in [-0.15, -0.1) is 0 Å². The van der Waals surface area contributed by atoms with Crippen molar-refractivity contribution in [2.75, 3.05) is 30.3 Å². The number of nitrogens with one attached hydrogen (secondary N) is 1. The van der Waals surface area contributed by atoms with Crippen LogP contribution in [0.15, 0.2) is 6.33 Å². The Balaban J connectivity index is 1.77. The highest BCUT2D eigenvalue weighted by Crippen LogP contribution is 2.27. The maximum Gasteiger partial charge on any atom is 0.309 e. The number of carbonyl (C=O) groups excluding carboxylic acids is 1. The number of anilines is 2. The van der Waals surface area contributed by atoms with E-state index in [1.54, 1.807) is 6.33 Å². The first-order valence-corrected chi connectivity index (χ1v) is 7.07. The molecule has 1 saturated heterocycles. The number of fused-ring (bicyclic) bond motifs is 1. The number of H-pyrrole nitrogens is 1. The number of nitrogens with two attached hydrogens (primary N) is 1. The van der Waals surface area contributed by atoms with Crippen LogP contribution >= 0.6 is 0 Å². The van der Waals surface area contributed by atoms with Gasteiger partial charge in [0.05, 0.1) is 18.9 Å². The number of hydrogen-bond donors (Lipinski definition) is 2. The Hall–Kier alpha value is -2.38. The van der Waals surface area contributed by atoms with E-state index in [9.17, 15) is 4.79 Å². The average Bonchev–Trinajstić information content (AvgIpc) is 2.95. The van der Waals surface area contributed by atoms with E-state index < -0.39 is 0 Å². The second-order valence-corrected chi connectivity index (χ2v) is 5.02. The van der Waals surface area contributed by atoms with Gasteiger partial charge in [-0.1, -0.05) is 0 Å². The molecule has 21 heavy (non-hydrogen) atoms. The summed E-state index contributed by atoms with van der Waals surface area (Å²) >= 11 is 0. The van der Waals surface area contributed by atoms with Gasteiger partial charge in [0.25, 0.3) is 0 Å². The number of imidazole rings is 1. The number of nitrogens with zero attached hydrogens (tertiary/aromatic N) is 4. The van der Waals surface area contributed by atoms with Crippen LogP contribution in [-0.4, -0.2) is 45.6 Å². The molecule has 1 fully saturated rings. The number of rotatable bonds is 3. The average molecular weight is 290 g/mol. The van der Waals surface area contributed by atoms with Gasteiger partial charge >= 0.3 is 5.97 Å². The molecule has 0 unspecified atom stereocenters. The molecule has 8 heteroatoms. The number of esters is 1. The molecule has 2 aromatic heterocycles. The summed E-state index contributed by atoms with van der Waals surface area (Å²) in [5.74, 6) is 0.818. The molecule has 0 radical (unpaired) electrons. The minimum atomic E-state index is -0.106. The lowest BCUT2D eigenvalue weighted by Gasteiger charge is -2.31. The highest BCUT2D eigenvalue weighted by molar-refractivity contribution is 5.84. The predicted molar refractivity (Wildman–Crippen MR) is 77.7 cm³/mol. The highest BCUT2D eigenvalue weighted by atomic mass is 16.5. The largest absolute Gasteiger partial charge is 0.466 e. The van der Waals surface area contributed by atoms with Crippen molar-refractivity contribution in [2.24, 2.45) is 5.92 Å². The lowest BCUT2D eigenvalue weighted by molar-refractivity contribution is -0.148. The van der Waals surface area contributed by atoms with E-state index in [-0.39, 0.29) is 17.8 Å². The molecule has 112 valence electrons. The molecule has 3 rings (SSSR count). The zero-order valence-electron chi connectivity index (χ0n) is 11.9. The molecule has 3 N–H and O–H groups in total. The van der Waals surface area contributed by atoms with Crippen molar-refractivity contribution in [3.8, 4) is 0 Å². The highest BCUT2D eigenvalue weighted by Gasteiger charge is 2.27. The standard InChI is InChI=1S/C13H18N6O2/c1-2-21-12(20)8-3-5-19(6-4-8)11-9-10(16-7-15-9)17-13(14)18-11/h7-8H,2-6H2,1H3,(H3,14,15,16,17,18). The molecule has 1 aliphatic rings. The van der Waals surface area contributed by atoms with Crippen molar-refractivity contribution < 1.29 is 9.53 Å². The first kappa shape index (κ1) is 13.6. The van der Waals surface area contributed by atoms with E-state index >= 15 is 0 Å². The van der Waals surface area contributed by atoms with Crippen LogP contribution < -0.4 is 10.6 Å². The van der Waals surface area contributed by atoms with Gasteiger partial charge in [-0.25, -0.2) is 4.98 Å². The van der Waals surface area contributed by atoms with E-state index in [1.165, 1.54) is 0 Å². The van der Waals surface area contributed by atoms with Gasteiger partial charge in [0.2, 0.25) is 5.95 Å². The number of nitrogen functional groups attached to an aromatic ring is 1. The second kappa shape index (κ2) is 5.55. The maximum absolute atomic E-state index is 11.8. The van der Waals surface area contributed by atoms with Gasteiger partial charge in [-0.3, -0.25) is 4.79 Å². The summed E-state index contributed by atoms with van der Waals surface area (Å²) in [6.45, 7) is 3.71. The number of piperidine rings is 1. The smallest absolute Gasteiger partial charge is 0.309 e. The molecule has 0 aromatic carbocycles. The van der Waals surface area contributed by atoms with Crippen LogP contribution in [0.3, 0.4) is 0 Å². The Bertz CT molecular complexity index is 647. The van der Waals surface area contributed by atoms with Crippen LogP contribution in [0, 0.1) is 5.92 Å². The van der Waals surface area contributed by atoms with Crippen LogP contribution in [0.4, 0.5) is 11.8 Å². The van der Waals surface area contributed by atoms with E-state index in [4.69, 9.17) is 10.5 Å². The Morgan fingerprint density at radius 1 is 1.48 bits per heavy atom. The fourth-order valence-corrected chi connectivity index (χ4v) is 2.65. The van der Waals surface area contributed by atoms with Crippen LogP contribution in [0.5, 0.6) is 0 Å². The zero-order chi connectivity index (χ0) is 14.8. The molecule has 0 spiro atoms. The van der Waals surface area contributed by atoms with Crippen molar-refractivity contribution in [1.82, 2.24) is 19.9 Å². The van der Waals surface area contributed by atoms with Gasteiger partial charge < -0.3 is 20.4 Å². The molecule has 0 bridgehead atoms. The Morgan fingerprint density at radius 2 is 2.24 bits per heavy atom. The second-order valence-electron chi connectivity index (χ2n) is 5.02. The van der Waals surface area contributed by atoms with Gasteiger partial charge in [0, 0.05) is 13.1 Å². The lowest BCUT2D eigenvalue weighted by atomic mass is 9.97. The molecule has 0 aliphatic carbocycles. The number of aromatic amines is 1. The minimum Gasteiger partial charge on any atom is -0.466 e.